The van der Waals surface area contributed by atoms with Crippen molar-refractivity contribution in [2.45, 2.75) is 51.1 Å². The first-order chi connectivity index (χ1) is 15.6. The van der Waals surface area contributed by atoms with Crippen LogP contribution in [0.3, 0.4) is 0 Å². The van der Waals surface area contributed by atoms with Crippen molar-refractivity contribution >= 4 is 5.97 Å². The Morgan fingerprint density at radius 1 is 1.09 bits per heavy atom. The molecule has 2 atom stereocenters. The zero-order chi connectivity index (χ0) is 22.3. The molecule has 4 rings (SSSR count). The first-order valence-corrected chi connectivity index (χ1v) is 11.2. The molecule has 0 aliphatic carbocycles. The molecule has 3 aromatic rings. The molecule has 1 aliphatic heterocycles. The summed E-state index contributed by atoms with van der Waals surface area (Å²) in [7, 11) is 1.44. The van der Waals surface area contributed by atoms with E-state index in [1.165, 1.54) is 7.11 Å². The van der Waals surface area contributed by atoms with E-state index in [0.717, 1.165) is 54.0 Å². The zero-order valence-electron chi connectivity index (χ0n) is 18.7. The van der Waals surface area contributed by atoms with E-state index < -0.39 is 0 Å². The molecule has 0 saturated carbocycles. The largest absolute Gasteiger partial charge is 0.493 e. The molecule has 1 unspecified atom stereocenters. The van der Waals surface area contributed by atoms with Crippen molar-refractivity contribution in [3.05, 3.63) is 71.6 Å². The van der Waals surface area contributed by atoms with Gasteiger partial charge in [-0.3, -0.25) is 10.1 Å². The maximum atomic E-state index is 12.0. The van der Waals surface area contributed by atoms with Gasteiger partial charge in [0.15, 0.2) is 0 Å². The summed E-state index contributed by atoms with van der Waals surface area (Å²) >= 11 is 0. The van der Waals surface area contributed by atoms with Gasteiger partial charge in [-0.1, -0.05) is 43.2 Å². The lowest BCUT2D eigenvalue weighted by Crippen LogP contribution is -2.38. The summed E-state index contributed by atoms with van der Waals surface area (Å²) in [5.74, 6) is 2.10. The number of benzene rings is 2. The van der Waals surface area contributed by atoms with Gasteiger partial charge in [0.25, 0.3) is 0 Å². The number of nitrogens with one attached hydrogen (secondary N) is 1. The predicted octanol–water partition coefficient (Wildman–Crippen LogP) is 5.02. The van der Waals surface area contributed by atoms with Crippen molar-refractivity contribution in [3.63, 3.8) is 0 Å². The molecule has 168 valence electrons. The van der Waals surface area contributed by atoms with E-state index in [-0.39, 0.29) is 18.1 Å². The number of methoxy groups -OCH3 is 1. The maximum absolute atomic E-state index is 12.0. The lowest BCUT2D eigenvalue weighted by Gasteiger charge is -2.21. The van der Waals surface area contributed by atoms with E-state index in [2.05, 4.69) is 22.4 Å². The molecule has 0 radical (unpaired) electrons. The summed E-state index contributed by atoms with van der Waals surface area (Å²) in [5, 5.41) is 3.46. The van der Waals surface area contributed by atoms with Crippen molar-refractivity contribution in [3.8, 4) is 17.2 Å². The standard InChI is InChI=1S/C26H30N2O4/c1-18-22(28-25(32-18)20-8-4-3-5-9-20)16-17-31-21-14-12-19(13-15-21)23-10-6-7-11-24(27-23)26(29)30-2/h3-5,8-9,12-15,23-24,27H,6-7,10-11,16-17H2,1-2H3/t23?,24-/m0/s1. The highest BCUT2D eigenvalue weighted by Crippen LogP contribution is 2.27. The van der Waals surface area contributed by atoms with Crippen LogP contribution in [0, 0.1) is 6.92 Å². The molecule has 1 aliphatic rings. The Bertz CT molecular complexity index is 1010. The molecular formula is C26H30N2O4. The van der Waals surface area contributed by atoms with Gasteiger partial charge in [0, 0.05) is 18.0 Å². The van der Waals surface area contributed by atoms with Crippen molar-refractivity contribution < 1.29 is 18.7 Å². The van der Waals surface area contributed by atoms with Gasteiger partial charge in [-0.2, -0.15) is 0 Å². The zero-order valence-corrected chi connectivity index (χ0v) is 18.7. The number of nitrogens with zero attached hydrogens (tertiary/aromatic N) is 1. The highest BCUT2D eigenvalue weighted by Gasteiger charge is 2.26. The Morgan fingerprint density at radius 3 is 2.59 bits per heavy atom. The number of carbonyl (C=O) groups excluding carboxylic acids is 1. The fourth-order valence-corrected chi connectivity index (χ4v) is 4.12. The molecule has 6 nitrogen and oxygen atoms in total. The minimum atomic E-state index is -0.241. The summed E-state index contributed by atoms with van der Waals surface area (Å²) in [5.41, 5.74) is 3.05. The third-order valence-corrected chi connectivity index (χ3v) is 5.93. The second-order valence-electron chi connectivity index (χ2n) is 8.13. The fraction of sp³-hybridized carbons (Fsp3) is 0.385. The molecule has 0 spiro atoms. The Labute approximate surface area is 189 Å². The summed E-state index contributed by atoms with van der Waals surface area (Å²) in [6.45, 7) is 2.46. The van der Waals surface area contributed by atoms with Crippen LogP contribution in [-0.4, -0.2) is 30.7 Å². The summed E-state index contributed by atoms with van der Waals surface area (Å²) < 4.78 is 16.7. The predicted molar refractivity (Wildman–Crippen MR) is 122 cm³/mol. The smallest absolute Gasteiger partial charge is 0.322 e. The van der Waals surface area contributed by atoms with Gasteiger partial charge in [0.2, 0.25) is 5.89 Å². The lowest BCUT2D eigenvalue weighted by molar-refractivity contribution is -0.143. The molecule has 0 amide bonds. The molecular weight excluding hydrogens is 404 g/mol. The van der Waals surface area contributed by atoms with Crippen LogP contribution in [0.2, 0.25) is 0 Å². The number of aromatic nitrogens is 1. The van der Waals surface area contributed by atoms with Gasteiger partial charge in [-0.15, -0.1) is 0 Å². The average Bonchev–Trinajstić information content (AvgIpc) is 3.04. The molecule has 1 fully saturated rings. The van der Waals surface area contributed by atoms with Gasteiger partial charge in [-0.25, -0.2) is 4.98 Å². The van der Waals surface area contributed by atoms with Crippen LogP contribution in [0.25, 0.3) is 11.5 Å². The molecule has 32 heavy (non-hydrogen) atoms. The highest BCUT2D eigenvalue weighted by atomic mass is 16.5. The van der Waals surface area contributed by atoms with Crippen LogP contribution < -0.4 is 10.1 Å². The fourth-order valence-electron chi connectivity index (χ4n) is 4.12. The van der Waals surface area contributed by atoms with E-state index >= 15 is 0 Å². The average molecular weight is 435 g/mol. The van der Waals surface area contributed by atoms with Crippen LogP contribution in [0.4, 0.5) is 0 Å². The molecule has 2 aromatic carbocycles. The second kappa shape index (κ2) is 10.5. The normalized spacial score (nSPS) is 18.7. The van der Waals surface area contributed by atoms with Crippen LogP contribution in [0.1, 0.15) is 48.7 Å². The topological polar surface area (TPSA) is 73.6 Å². The van der Waals surface area contributed by atoms with Gasteiger partial charge in [0.05, 0.1) is 19.4 Å². The number of rotatable bonds is 7. The first kappa shape index (κ1) is 22.1. The first-order valence-electron chi connectivity index (χ1n) is 11.2. The van der Waals surface area contributed by atoms with Crippen LogP contribution >= 0.6 is 0 Å². The lowest BCUT2D eigenvalue weighted by atomic mass is 10.0. The third kappa shape index (κ3) is 5.37. The number of aryl methyl sites for hydroxylation is 1. The summed E-state index contributed by atoms with van der Waals surface area (Å²) in [6, 6.07) is 17.9. The summed E-state index contributed by atoms with van der Waals surface area (Å²) in [4.78, 5) is 16.6. The Morgan fingerprint density at radius 2 is 1.84 bits per heavy atom. The number of hydrogen-bond acceptors (Lipinski definition) is 6. The number of esters is 1. The minimum Gasteiger partial charge on any atom is -0.493 e. The summed E-state index contributed by atoms with van der Waals surface area (Å²) in [6.07, 6.45) is 4.61. The van der Waals surface area contributed by atoms with Crippen molar-refractivity contribution in [2.75, 3.05) is 13.7 Å². The van der Waals surface area contributed by atoms with Gasteiger partial charge < -0.3 is 13.9 Å². The van der Waals surface area contributed by atoms with Crippen molar-refractivity contribution in [1.82, 2.24) is 10.3 Å². The molecule has 1 N–H and O–H groups in total. The Kier molecular flexibility index (Phi) is 7.22. The van der Waals surface area contributed by atoms with Gasteiger partial charge >= 0.3 is 5.97 Å². The molecule has 1 aromatic heterocycles. The van der Waals surface area contributed by atoms with E-state index in [0.29, 0.717) is 18.9 Å². The monoisotopic (exact) mass is 434 g/mol. The number of hydrogen-bond donors (Lipinski definition) is 1. The van der Waals surface area contributed by atoms with Crippen molar-refractivity contribution in [1.29, 1.82) is 0 Å². The van der Waals surface area contributed by atoms with Gasteiger partial charge in [-0.05, 0) is 49.6 Å². The second-order valence-corrected chi connectivity index (χ2v) is 8.13. The number of oxazole rings is 1. The Balaban J connectivity index is 1.33. The molecule has 1 saturated heterocycles. The maximum Gasteiger partial charge on any atom is 0.322 e. The Hall–Kier alpha value is -3.12. The number of ether oxygens (including phenoxy) is 2. The van der Waals surface area contributed by atoms with Gasteiger partial charge in [0.1, 0.15) is 17.6 Å². The van der Waals surface area contributed by atoms with E-state index in [4.69, 9.17) is 13.9 Å². The minimum absolute atomic E-state index is 0.143. The molecule has 0 bridgehead atoms. The quantitative estimate of drug-likeness (QED) is 0.527. The third-order valence-electron chi connectivity index (χ3n) is 5.93. The van der Waals surface area contributed by atoms with Crippen LogP contribution in [0.5, 0.6) is 5.75 Å². The van der Waals surface area contributed by atoms with E-state index in [1.54, 1.807) is 0 Å². The van der Waals surface area contributed by atoms with Crippen LogP contribution in [0.15, 0.2) is 59.0 Å². The van der Waals surface area contributed by atoms with Crippen LogP contribution in [-0.2, 0) is 16.0 Å². The number of carbonyl (C=O) groups is 1. The van der Waals surface area contributed by atoms with E-state index in [9.17, 15) is 4.79 Å². The SMILES string of the molecule is COC(=O)[C@@H]1CCCCC(c2ccc(OCCc3nc(-c4ccccc4)oc3C)cc2)N1. The molecule has 2 heterocycles. The van der Waals surface area contributed by atoms with Crippen molar-refractivity contribution in [2.24, 2.45) is 0 Å². The highest BCUT2D eigenvalue weighted by molar-refractivity contribution is 5.75. The molecule has 6 heteroatoms. The van der Waals surface area contributed by atoms with E-state index in [1.807, 2.05) is 49.4 Å².